The second kappa shape index (κ2) is 8.36. The van der Waals surface area contributed by atoms with Gasteiger partial charge in [-0.15, -0.1) is 10.2 Å². The zero-order valence-electron chi connectivity index (χ0n) is 12.3. The van der Waals surface area contributed by atoms with Crippen LogP contribution < -0.4 is 4.74 Å². The maximum absolute atomic E-state index is 8.63. The minimum Gasteiger partial charge on any atom is -0.508 e. The molecule has 0 spiro atoms. The highest BCUT2D eigenvalue weighted by atomic mass is 16.5. The number of phenolic OH excluding ortho intramolecular Hbond substituents is 1. The van der Waals surface area contributed by atoms with Crippen LogP contribution >= 0.6 is 0 Å². The molecular weight excluding hydrogens is 278 g/mol. The summed E-state index contributed by atoms with van der Waals surface area (Å²) in [4.78, 5) is 0. The number of aromatic hydroxyl groups is 1. The summed E-state index contributed by atoms with van der Waals surface area (Å²) in [7, 11) is 1.66. The topological polar surface area (TPSA) is 68.1 Å². The van der Waals surface area contributed by atoms with E-state index in [0.29, 0.717) is 5.75 Å². The van der Waals surface area contributed by atoms with Crippen molar-refractivity contribution in [3.8, 4) is 11.5 Å². The second-order valence-corrected chi connectivity index (χ2v) is 4.47. The van der Waals surface area contributed by atoms with Crippen molar-refractivity contribution in [1.29, 1.82) is 0 Å². The fraction of sp³-hybridized carbons (Fsp3) is 0.118. The first-order valence-electron chi connectivity index (χ1n) is 6.78. The molecule has 3 aromatic rings. The summed E-state index contributed by atoms with van der Waals surface area (Å²) in [5.41, 5.74) is 2.09. The summed E-state index contributed by atoms with van der Waals surface area (Å²) in [6.45, 7) is 0. The Kier molecular flexibility index (Phi) is 5.87. The number of aromatic nitrogens is 3. The van der Waals surface area contributed by atoms with E-state index in [-0.39, 0.29) is 0 Å². The first-order chi connectivity index (χ1) is 10.8. The maximum atomic E-state index is 8.63. The van der Waals surface area contributed by atoms with E-state index < -0.39 is 0 Å². The molecule has 0 saturated heterocycles. The van der Waals surface area contributed by atoms with Crippen molar-refractivity contribution in [2.75, 3.05) is 7.11 Å². The molecule has 1 N–H and O–H groups in total. The van der Waals surface area contributed by atoms with Crippen LogP contribution in [0.15, 0.2) is 66.9 Å². The lowest BCUT2D eigenvalue weighted by Gasteiger charge is -2.02. The molecular formula is C17H17N3O2. The third-order valence-corrected chi connectivity index (χ3v) is 2.86. The summed E-state index contributed by atoms with van der Waals surface area (Å²) in [5, 5.41) is 19.8. The molecule has 0 aliphatic rings. The molecule has 5 heteroatoms. The van der Waals surface area contributed by atoms with E-state index >= 15 is 0 Å². The summed E-state index contributed by atoms with van der Waals surface area (Å²) in [6.07, 6.45) is 2.41. The summed E-state index contributed by atoms with van der Waals surface area (Å²) in [5.74, 6) is 1.18. The maximum Gasteiger partial charge on any atom is 0.118 e. The molecule has 3 rings (SSSR count). The molecule has 0 atom stereocenters. The quantitative estimate of drug-likeness (QED) is 0.804. The van der Waals surface area contributed by atoms with Crippen LogP contribution in [0.5, 0.6) is 11.5 Å². The molecule has 0 aliphatic carbocycles. The molecule has 1 heterocycles. The van der Waals surface area contributed by atoms with Crippen LogP contribution in [0.1, 0.15) is 11.3 Å². The van der Waals surface area contributed by atoms with Crippen LogP contribution in [0.4, 0.5) is 0 Å². The molecule has 0 radical (unpaired) electrons. The van der Waals surface area contributed by atoms with Crippen molar-refractivity contribution >= 4 is 0 Å². The average Bonchev–Trinajstić information content (AvgIpc) is 2.58. The van der Waals surface area contributed by atoms with Crippen LogP contribution in [-0.4, -0.2) is 27.6 Å². The van der Waals surface area contributed by atoms with E-state index in [4.69, 9.17) is 9.84 Å². The molecule has 5 nitrogen and oxygen atoms in total. The molecule has 112 valence electrons. The third kappa shape index (κ3) is 5.20. The van der Waals surface area contributed by atoms with Gasteiger partial charge in [-0.3, -0.25) is 0 Å². The Hall–Kier alpha value is -2.95. The van der Waals surface area contributed by atoms with Crippen LogP contribution in [0.25, 0.3) is 0 Å². The van der Waals surface area contributed by atoms with Crippen molar-refractivity contribution in [1.82, 2.24) is 15.4 Å². The number of benzene rings is 2. The van der Waals surface area contributed by atoms with Gasteiger partial charge in [0.2, 0.25) is 0 Å². The molecule has 0 bridgehead atoms. The lowest BCUT2D eigenvalue weighted by atomic mass is 10.1. The minimum absolute atomic E-state index is 0.322. The fourth-order valence-electron chi connectivity index (χ4n) is 1.74. The predicted molar refractivity (Wildman–Crippen MR) is 83.7 cm³/mol. The summed E-state index contributed by atoms with van der Waals surface area (Å²) < 4.78 is 5.08. The van der Waals surface area contributed by atoms with Crippen LogP contribution in [-0.2, 0) is 6.42 Å². The van der Waals surface area contributed by atoms with E-state index in [1.165, 1.54) is 5.56 Å². The number of ether oxygens (including phenoxy) is 1. The van der Waals surface area contributed by atoms with Crippen molar-refractivity contribution in [3.63, 3.8) is 0 Å². The van der Waals surface area contributed by atoms with Gasteiger partial charge in [0.25, 0.3) is 0 Å². The van der Waals surface area contributed by atoms with Gasteiger partial charge in [-0.25, -0.2) is 0 Å². The molecule has 0 saturated carbocycles. The van der Waals surface area contributed by atoms with E-state index in [9.17, 15) is 0 Å². The number of phenols is 1. The SMILES string of the molecule is COc1ccc(Cc2ccnnn2)cc1.Oc1ccccc1. The van der Waals surface area contributed by atoms with Crippen LogP contribution in [0.3, 0.4) is 0 Å². The number of rotatable bonds is 3. The first-order valence-corrected chi connectivity index (χ1v) is 6.78. The van der Waals surface area contributed by atoms with E-state index in [0.717, 1.165) is 17.9 Å². The molecule has 1 aromatic heterocycles. The highest BCUT2D eigenvalue weighted by Gasteiger charge is 1.98. The first kappa shape index (κ1) is 15.4. The van der Waals surface area contributed by atoms with Crippen LogP contribution in [0.2, 0.25) is 0 Å². The fourth-order valence-corrected chi connectivity index (χ4v) is 1.74. The number of hydrogen-bond donors (Lipinski definition) is 1. The van der Waals surface area contributed by atoms with E-state index in [1.807, 2.05) is 36.4 Å². The lowest BCUT2D eigenvalue weighted by Crippen LogP contribution is -1.95. The standard InChI is InChI=1S/C11H11N3O.C6H6O/c1-15-11-4-2-9(3-5-11)8-10-6-7-12-14-13-10;7-6-4-2-1-3-5-6/h2-7H,8H2,1H3;1-5,7H. The Morgan fingerprint density at radius 1 is 0.955 bits per heavy atom. The Morgan fingerprint density at radius 2 is 1.68 bits per heavy atom. The number of hydrogen-bond acceptors (Lipinski definition) is 5. The summed E-state index contributed by atoms with van der Waals surface area (Å²) in [6, 6.07) is 18.5. The van der Waals surface area contributed by atoms with Gasteiger partial charge in [0.1, 0.15) is 11.5 Å². The second-order valence-electron chi connectivity index (χ2n) is 4.47. The predicted octanol–water partition coefficient (Wildman–Crippen LogP) is 2.86. The Balaban J connectivity index is 0.000000211. The third-order valence-electron chi connectivity index (χ3n) is 2.86. The van der Waals surface area contributed by atoms with Gasteiger partial charge < -0.3 is 9.84 Å². The van der Waals surface area contributed by atoms with Gasteiger partial charge in [0.05, 0.1) is 19.0 Å². The van der Waals surface area contributed by atoms with Gasteiger partial charge in [-0.1, -0.05) is 30.3 Å². The van der Waals surface area contributed by atoms with Crippen molar-refractivity contribution in [2.24, 2.45) is 0 Å². The van der Waals surface area contributed by atoms with Crippen molar-refractivity contribution in [2.45, 2.75) is 6.42 Å². The zero-order chi connectivity index (χ0) is 15.6. The Labute approximate surface area is 129 Å². The molecule has 22 heavy (non-hydrogen) atoms. The minimum atomic E-state index is 0.322. The molecule has 0 amide bonds. The Bertz CT molecular complexity index is 659. The highest BCUT2D eigenvalue weighted by Crippen LogP contribution is 2.13. The van der Waals surface area contributed by atoms with Crippen molar-refractivity contribution in [3.05, 3.63) is 78.1 Å². The molecule has 0 aliphatic heterocycles. The van der Waals surface area contributed by atoms with Gasteiger partial charge in [0, 0.05) is 6.42 Å². The monoisotopic (exact) mass is 295 g/mol. The highest BCUT2D eigenvalue weighted by molar-refractivity contribution is 5.29. The number of nitrogens with zero attached hydrogens (tertiary/aromatic N) is 3. The lowest BCUT2D eigenvalue weighted by molar-refractivity contribution is 0.414. The normalized spacial score (nSPS) is 9.50. The number of methoxy groups -OCH3 is 1. The van der Waals surface area contributed by atoms with Gasteiger partial charge in [-0.2, -0.15) is 0 Å². The average molecular weight is 295 g/mol. The van der Waals surface area contributed by atoms with Gasteiger partial charge in [-0.05, 0) is 41.1 Å². The van der Waals surface area contributed by atoms with Gasteiger partial charge >= 0.3 is 0 Å². The smallest absolute Gasteiger partial charge is 0.118 e. The van der Waals surface area contributed by atoms with E-state index in [2.05, 4.69) is 15.4 Å². The number of para-hydroxylation sites is 1. The van der Waals surface area contributed by atoms with Gasteiger partial charge in [0.15, 0.2) is 0 Å². The van der Waals surface area contributed by atoms with Crippen LogP contribution in [0, 0.1) is 0 Å². The Morgan fingerprint density at radius 3 is 2.18 bits per heavy atom. The zero-order valence-corrected chi connectivity index (χ0v) is 12.3. The molecule has 0 fully saturated rings. The molecule has 2 aromatic carbocycles. The largest absolute Gasteiger partial charge is 0.508 e. The van der Waals surface area contributed by atoms with E-state index in [1.54, 1.807) is 37.6 Å². The molecule has 0 unspecified atom stereocenters. The van der Waals surface area contributed by atoms with Crippen molar-refractivity contribution < 1.29 is 9.84 Å². The summed E-state index contributed by atoms with van der Waals surface area (Å²) >= 11 is 0.